The van der Waals surface area contributed by atoms with Crippen LogP contribution in [0.25, 0.3) is 0 Å². The third-order valence-electron chi connectivity index (χ3n) is 2.82. The molecule has 2 nitrogen and oxygen atoms in total. The van der Waals surface area contributed by atoms with Crippen molar-refractivity contribution in [1.82, 2.24) is 0 Å². The summed E-state index contributed by atoms with van der Waals surface area (Å²) in [6.07, 6.45) is 0.875. The van der Waals surface area contributed by atoms with Crippen molar-refractivity contribution in [2.45, 2.75) is 46.5 Å². The van der Waals surface area contributed by atoms with Crippen LogP contribution < -0.4 is 10.5 Å². The maximum Gasteiger partial charge on any atom is 0.126 e. The molecule has 0 unspecified atom stereocenters. The minimum absolute atomic E-state index is 0.0971. The van der Waals surface area contributed by atoms with Crippen LogP contribution in [0.5, 0.6) is 5.75 Å². The summed E-state index contributed by atoms with van der Waals surface area (Å²) in [7, 11) is 0. The fourth-order valence-corrected chi connectivity index (χ4v) is 2.06. The van der Waals surface area contributed by atoms with Crippen LogP contribution in [0.1, 0.15) is 44.4 Å². The van der Waals surface area contributed by atoms with E-state index in [9.17, 15) is 0 Å². The summed E-state index contributed by atoms with van der Waals surface area (Å²) in [5.74, 6) is 1.04. The van der Waals surface area contributed by atoms with E-state index in [1.165, 1.54) is 16.7 Å². The van der Waals surface area contributed by atoms with Gasteiger partial charge in [0, 0.05) is 5.56 Å². The molecule has 0 saturated carbocycles. The van der Waals surface area contributed by atoms with Crippen molar-refractivity contribution < 1.29 is 4.74 Å². The van der Waals surface area contributed by atoms with E-state index in [1.807, 2.05) is 6.92 Å². The lowest BCUT2D eigenvalue weighted by Crippen LogP contribution is -2.16. The molecule has 0 fully saturated rings. The number of hydrogen-bond donors (Lipinski definition) is 1. The van der Waals surface area contributed by atoms with Gasteiger partial charge in [-0.3, -0.25) is 0 Å². The largest absolute Gasteiger partial charge is 0.493 e. The summed E-state index contributed by atoms with van der Waals surface area (Å²) in [6, 6.07) is 4.41. The highest BCUT2D eigenvalue weighted by Crippen LogP contribution is 2.35. The number of nitrogens with two attached hydrogens (primary N) is 1. The van der Waals surface area contributed by atoms with Crippen molar-refractivity contribution >= 4 is 0 Å². The number of hydrogen-bond acceptors (Lipinski definition) is 2. The second-order valence-corrected chi connectivity index (χ2v) is 5.52. The average Bonchev–Trinajstić information content (AvgIpc) is 2.20. The first-order valence-electron chi connectivity index (χ1n) is 6.37. The zero-order chi connectivity index (χ0) is 13.1. The topological polar surface area (TPSA) is 35.2 Å². The van der Waals surface area contributed by atoms with Gasteiger partial charge < -0.3 is 10.5 Å². The molecule has 0 bridgehead atoms. The minimum atomic E-state index is 0.0971. The lowest BCUT2D eigenvalue weighted by Gasteiger charge is -2.25. The fraction of sp³-hybridized carbons (Fsp3) is 0.600. The zero-order valence-corrected chi connectivity index (χ0v) is 11.8. The Morgan fingerprint density at radius 3 is 2.35 bits per heavy atom. The second-order valence-electron chi connectivity index (χ2n) is 5.52. The quantitative estimate of drug-likeness (QED) is 0.870. The van der Waals surface area contributed by atoms with Crippen molar-refractivity contribution in [1.29, 1.82) is 0 Å². The predicted molar refractivity (Wildman–Crippen MR) is 73.8 cm³/mol. The van der Waals surface area contributed by atoms with E-state index < -0.39 is 0 Å². The van der Waals surface area contributed by atoms with Gasteiger partial charge in [-0.25, -0.2) is 0 Å². The molecule has 0 heterocycles. The van der Waals surface area contributed by atoms with E-state index in [4.69, 9.17) is 10.5 Å². The van der Waals surface area contributed by atoms with Gasteiger partial charge in [0.2, 0.25) is 0 Å². The summed E-state index contributed by atoms with van der Waals surface area (Å²) in [4.78, 5) is 0. The molecule has 0 aromatic heterocycles. The molecule has 0 amide bonds. The molecule has 1 aromatic carbocycles. The molecule has 0 aliphatic carbocycles. The highest BCUT2D eigenvalue weighted by Gasteiger charge is 2.21. The van der Waals surface area contributed by atoms with Crippen molar-refractivity contribution in [2.75, 3.05) is 13.2 Å². The van der Waals surface area contributed by atoms with Crippen LogP contribution in [0.3, 0.4) is 0 Å². The third-order valence-corrected chi connectivity index (χ3v) is 2.82. The van der Waals surface area contributed by atoms with E-state index in [0.29, 0.717) is 13.2 Å². The van der Waals surface area contributed by atoms with Gasteiger partial charge in [0.05, 0.1) is 6.61 Å². The Balaban J connectivity index is 3.35. The zero-order valence-electron chi connectivity index (χ0n) is 11.8. The average molecular weight is 235 g/mol. The van der Waals surface area contributed by atoms with Crippen LogP contribution in [0.2, 0.25) is 0 Å². The maximum absolute atomic E-state index is 5.85. The first-order valence-corrected chi connectivity index (χ1v) is 6.37. The Morgan fingerprint density at radius 2 is 1.88 bits per heavy atom. The molecule has 0 aliphatic heterocycles. The highest BCUT2D eigenvalue weighted by molar-refractivity contribution is 5.48. The molecule has 17 heavy (non-hydrogen) atoms. The smallest absolute Gasteiger partial charge is 0.126 e. The van der Waals surface area contributed by atoms with Gasteiger partial charge in [0.1, 0.15) is 5.75 Å². The number of ether oxygens (including phenoxy) is 1. The normalized spacial score (nSPS) is 11.6. The molecule has 1 aromatic rings. The van der Waals surface area contributed by atoms with Gasteiger partial charge in [-0.1, -0.05) is 38.5 Å². The molecule has 2 N–H and O–H groups in total. The first kappa shape index (κ1) is 14.0. The Bertz CT molecular complexity index is 377. The van der Waals surface area contributed by atoms with Gasteiger partial charge in [0.25, 0.3) is 0 Å². The Morgan fingerprint density at radius 1 is 1.24 bits per heavy atom. The molecular weight excluding hydrogens is 210 g/mol. The number of benzene rings is 1. The number of rotatable bonds is 4. The van der Waals surface area contributed by atoms with Crippen molar-refractivity contribution in [2.24, 2.45) is 5.73 Å². The maximum atomic E-state index is 5.85. The number of aryl methyl sites for hydroxylation is 1. The lowest BCUT2D eigenvalue weighted by molar-refractivity contribution is 0.326. The molecule has 0 atom stereocenters. The molecular formula is C15H25NO. The second kappa shape index (κ2) is 5.54. The summed E-state index contributed by atoms with van der Waals surface area (Å²) in [6.45, 7) is 12.2. The molecule has 0 spiro atoms. The van der Waals surface area contributed by atoms with E-state index in [1.54, 1.807) is 0 Å². The van der Waals surface area contributed by atoms with Crippen LogP contribution in [-0.2, 0) is 11.8 Å². The van der Waals surface area contributed by atoms with Crippen molar-refractivity contribution in [3.63, 3.8) is 0 Å². The summed E-state index contributed by atoms with van der Waals surface area (Å²) in [5.41, 5.74) is 9.57. The summed E-state index contributed by atoms with van der Waals surface area (Å²) < 4.78 is 5.85. The molecule has 0 saturated heterocycles. The van der Waals surface area contributed by atoms with E-state index in [-0.39, 0.29) is 5.41 Å². The Hall–Kier alpha value is -1.02. The van der Waals surface area contributed by atoms with Gasteiger partial charge in [-0.05, 0) is 37.8 Å². The third kappa shape index (κ3) is 3.47. The van der Waals surface area contributed by atoms with Crippen LogP contribution in [-0.4, -0.2) is 13.2 Å². The Kier molecular flexibility index (Phi) is 4.58. The van der Waals surface area contributed by atoms with Crippen molar-refractivity contribution in [3.05, 3.63) is 28.8 Å². The molecule has 2 heteroatoms. The van der Waals surface area contributed by atoms with Gasteiger partial charge in [-0.2, -0.15) is 0 Å². The lowest BCUT2D eigenvalue weighted by atomic mass is 9.83. The summed E-state index contributed by atoms with van der Waals surface area (Å²) in [5, 5.41) is 0. The van der Waals surface area contributed by atoms with Gasteiger partial charge in [-0.15, -0.1) is 0 Å². The van der Waals surface area contributed by atoms with E-state index >= 15 is 0 Å². The van der Waals surface area contributed by atoms with Crippen LogP contribution in [0, 0.1) is 6.92 Å². The van der Waals surface area contributed by atoms with E-state index in [0.717, 1.165) is 12.2 Å². The monoisotopic (exact) mass is 235 g/mol. The fourth-order valence-electron chi connectivity index (χ4n) is 2.06. The Labute approximate surface area is 105 Å². The van der Waals surface area contributed by atoms with E-state index in [2.05, 4.69) is 39.8 Å². The molecule has 96 valence electrons. The standard InChI is InChI=1S/C15H25NO/c1-6-17-14-12(7-8-16)9-11(2)10-13(14)15(3,4)5/h9-10H,6-8,16H2,1-5H3. The minimum Gasteiger partial charge on any atom is -0.493 e. The molecule has 0 aliphatic rings. The van der Waals surface area contributed by atoms with Crippen LogP contribution in [0.4, 0.5) is 0 Å². The van der Waals surface area contributed by atoms with Gasteiger partial charge >= 0.3 is 0 Å². The highest BCUT2D eigenvalue weighted by atomic mass is 16.5. The molecule has 1 rings (SSSR count). The van der Waals surface area contributed by atoms with Gasteiger partial charge in [0.15, 0.2) is 0 Å². The SMILES string of the molecule is CCOc1c(CCN)cc(C)cc1C(C)(C)C. The predicted octanol–water partition coefficient (Wildman–Crippen LogP) is 3.19. The first-order chi connectivity index (χ1) is 7.90. The summed E-state index contributed by atoms with van der Waals surface area (Å²) >= 11 is 0. The van der Waals surface area contributed by atoms with Crippen LogP contribution in [0.15, 0.2) is 12.1 Å². The van der Waals surface area contributed by atoms with Crippen molar-refractivity contribution in [3.8, 4) is 5.75 Å². The molecule has 0 radical (unpaired) electrons. The van der Waals surface area contributed by atoms with Crippen LogP contribution >= 0.6 is 0 Å².